The molecule has 0 aliphatic carbocycles. The predicted octanol–water partition coefficient (Wildman–Crippen LogP) is 5.72. The maximum atomic E-state index is 14.3. The van der Waals surface area contributed by atoms with Crippen LogP contribution in [0.3, 0.4) is 0 Å². The fraction of sp³-hybridized carbons (Fsp3) is 0.0455. The number of benzene rings is 3. The van der Waals surface area contributed by atoms with Crippen LogP contribution in [-0.4, -0.2) is 20.5 Å². The highest BCUT2D eigenvalue weighted by Gasteiger charge is 2.29. The topological polar surface area (TPSA) is 81.4 Å². The first-order chi connectivity index (χ1) is 14.9. The van der Waals surface area contributed by atoms with Crippen LogP contribution in [0.2, 0.25) is 5.02 Å². The fourth-order valence-electron chi connectivity index (χ4n) is 2.85. The van der Waals surface area contributed by atoms with Crippen molar-refractivity contribution >= 4 is 33.0 Å². The summed E-state index contributed by atoms with van der Waals surface area (Å²) in [5, 5.41) is 2.93. The van der Waals surface area contributed by atoms with Crippen LogP contribution < -0.4 is 10.1 Å². The van der Waals surface area contributed by atoms with Crippen LogP contribution >= 0.6 is 11.6 Å². The molecular formula is C22H16ClFN2O4S. The van der Waals surface area contributed by atoms with E-state index in [1.54, 1.807) is 30.3 Å². The summed E-state index contributed by atoms with van der Waals surface area (Å²) in [5.41, 5.74) is 0.572. The third-order valence-corrected chi connectivity index (χ3v) is 6.36. The Morgan fingerprint density at radius 3 is 2.32 bits per heavy atom. The molecule has 0 saturated heterocycles. The Morgan fingerprint density at radius 1 is 1.00 bits per heavy atom. The molecule has 1 aromatic heterocycles. The Kier molecular flexibility index (Phi) is 5.67. The molecule has 4 rings (SSSR count). The number of anilines is 2. The lowest BCUT2D eigenvalue weighted by Crippen LogP contribution is -2.05. The Labute approximate surface area is 183 Å². The normalized spacial score (nSPS) is 11.3. The number of halogens is 2. The summed E-state index contributed by atoms with van der Waals surface area (Å²) < 4.78 is 51.6. The van der Waals surface area contributed by atoms with Gasteiger partial charge in [-0.1, -0.05) is 23.7 Å². The first-order valence-electron chi connectivity index (χ1n) is 9.06. The highest BCUT2D eigenvalue weighted by atomic mass is 35.5. The van der Waals surface area contributed by atoms with Crippen LogP contribution in [-0.2, 0) is 9.84 Å². The van der Waals surface area contributed by atoms with Gasteiger partial charge in [0.15, 0.2) is 0 Å². The van der Waals surface area contributed by atoms with Crippen molar-refractivity contribution in [2.45, 2.75) is 9.92 Å². The zero-order valence-corrected chi connectivity index (χ0v) is 17.7. The highest BCUT2D eigenvalue weighted by molar-refractivity contribution is 7.91. The number of methoxy groups -OCH3 is 1. The number of sulfone groups is 1. The van der Waals surface area contributed by atoms with Crippen molar-refractivity contribution in [1.82, 2.24) is 4.98 Å². The average Bonchev–Trinajstić information content (AvgIpc) is 3.19. The van der Waals surface area contributed by atoms with E-state index in [0.717, 1.165) is 0 Å². The molecule has 0 amide bonds. The summed E-state index contributed by atoms with van der Waals surface area (Å²) in [4.78, 5) is 4.10. The minimum Gasteiger partial charge on any atom is -0.497 e. The number of hydrogen-bond acceptors (Lipinski definition) is 6. The maximum Gasteiger partial charge on any atom is 0.238 e. The van der Waals surface area contributed by atoms with Crippen molar-refractivity contribution in [1.29, 1.82) is 0 Å². The number of rotatable bonds is 6. The van der Waals surface area contributed by atoms with E-state index >= 15 is 0 Å². The second-order valence-corrected chi connectivity index (χ2v) is 8.75. The Bertz CT molecular complexity index is 1320. The van der Waals surface area contributed by atoms with Gasteiger partial charge in [-0.3, -0.25) is 0 Å². The van der Waals surface area contributed by atoms with E-state index in [4.69, 9.17) is 20.8 Å². The molecule has 0 atom stereocenters. The van der Waals surface area contributed by atoms with Crippen molar-refractivity contribution in [3.8, 4) is 17.2 Å². The van der Waals surface area contributed by atoms with Crippen LogP contribution in [0.4, 0.5) is 16.0 Å². The van der Waals surface area contributed by atoms with Gasteiger partial charge < -0.3 is 14.5 Å². The molecule has 0 fully saturated rings. The summed E-state index contributed by atoms with van der Waals surface area (Å²) in [5.74, 6) is -0.264. The number of hydrogen-bond donors (Lipinski definition) is 1. The zero-order valence-electron chi connectivity index (χ0n) is 16.2. The lowest BCUT2D eigenvalue weighted by molar-refractivity contribution is 0.415. The minimum atomic E-state index is -4.09. The average molecular weight is 459 g/mol. The molecule has 3 aromatic carbocycles. The molecule has 0 unspecified atom stereocenters. The number of ether oxygens (including phenoxy) is 1. The van der Waals surface area contributed by atoms with Crippen molar-refractivity contribution < 1.29 is 22.0 Å². The minimum absolute atomic E-state index is 0.0249. The second kappa shape index (κ2) is 8.41. The second-order valence-electron chi connectivity index (χ2n) is 6.44. The monoisotopic (exact) mass is 458 g/mol. The van der Waals surface area contributed by atoms with Gasteiger partial charge in [-0.2, -0.15) is 4.98 Å². The van der Waals surface area contributed by atoms with Gasteiger partial charge >= 0.3 is 0 Å². The van der Waals surface area contributed by atoms with Crippen molar-refractivity contribution in [2.75, 3.05) is 12.4 Å². The van der Waals surface area contributed by atoms with Crippen LogP contribution in [0.1, 0.15) is 0 Å². The third kappa shape index (κ3) is 4.26. The van der Waals surface area contributed by atoms with Crippen molar-refractivity contribution in [2.24, 2.45) is 0 Å². The lowest BCUT2D eigenvalue weighted by atomic mass is 10.2. The number of aromatic nitrogens is 1. The first-order valence-corrected chi connectivity index (χ1v) is 10.9. The van der Waals surface area contributed by atoms with E-state index in [1.165, 1.54) is 49.6 Å². The number of nitrogens with zero attached hydrogens (tertiary/aromatic N) is 1. The van der Waals surface area contributed by atoms with Gasteiger partial charge in [0.2, 0.25) is 26.6 Å². The molecule has 0 saturated carbocycles. The van der Waals surface area contributed by atoms with Crippen LogP contribution in [0.25, 0.3) is 11.5 Å². The van der Waals surface area contributed by atoms with Crippen LogP contribution in [0.15, 0.2) is 87.1 Å². The number of oxazole rings is 1. The molecule has 0 radical (unpaired) electrons. The maximum absolute atomic E-state index is 14.3. The number of nitrogens with one attached hydrogen (secondary N) is 1. The summed E-state index contributed by atoms with van der Waals surface area (Å²) in [6.45, 7) is 0. The Morgan fingerprint density at radius 2 is 1.68 bits per heavy atom. The van der Waals surface area contributed by atoms with Gasteiger partial charge in [-0.25, -0.2) is 12.8 Å². The van der Waals surface area contributed by atoms with E-state index in [0.29, 0.717) is 16.5 Å². The predicted molar refractivity (Wildman–Crippen MR) is 115 cm³/mol. The van der Waals surface area contributed by atoms with Gasteiger partial charge in [0, 0.05) is 10.7 Å². The largest absolute Gasteiger partial charge is 0.497 e. The molecule has 0 aliphatic heterocycles. The quantitative estimate of drug-likeness (QED) is 0.398. The summed E-state index contributed by atoms with van der Waals surface area (Å²) >= 11 is 5.88. The van der Waals surface area contributed by atoms with Crippen LogP contribution in [0, 0.1) is 5.82 Å². The van der Waals surface area contributed by atoms with Gasteiger partial charge in [-0.15, -0.1) is 0 Å². The molecule has 1 heterocycles. The molecule has 9 heteroatoms. The van der Waals surface area contributed by atoms with E-state index in [9.17, 15) is 12.8 Å². The lowest BCUT2D eigenvalue weighted by Gasteiger charge is -2.07. The van der Waals surface area contributed by atoms with E-state index in [2.05, 4.69) is 10.3 Å². The van der Waals surface area contributed by atoms with E-state index < -0.39 is 15.7 Å². The Balaban J connectivity index is 1.83. The molecule has 1 N–H and O–H groups in total. The smallest absolute Gasteiger partial charge is 0.238 e. The van der Waals surface area contributed by atoms with Crippen molar-refractivity contribution in [3.05, 3.63) is 83.6 Å². The molecule has 0 bridgehead atoms. The SMILES string of the molecule is COc1ccc(Nc2oc(-c3ccccc3F)nc2S(=O)(=O)c2ccc(Cl)cc2)cc1. The summed E-state index contributed by atoms with van der Waals surface area (Å²) in [6, 6.07) is 18.2. The first kappa shape index (κ1) is 20.9. The summed E-state index contributed by atoms with van der Waals surface area (Å²) in [7, 11) is -2.55. The standard InChI is InChI=1S/C22H16ClFN2O4S/c1-29-16-10-8-15(9-11-16)25-21-22(31(27,28)17-12-6-14(23)7-13-17)26-20(30-21)18-4-2-3-5-19(18)24/h2-13,25H,1H3. The van der Waals surface area contributed by atoms with Gasteiger partial charge in [0.05, 0.1) is 17.6 Å². The van der Waals surface area contributed by atoms with E-state index in [1.807, 2.05) is 0 Å². The van der Waals surface area contributed by atoms with Gasteiger partial charge in [0.1, 0.15) is 11.6 Å². The third-order valence-electron chi connectivity index (χ3n) is 4.43. The van der Waals surface area contributed by atoms with Crippen LogP contribution in [0.5, 0.6) is 5.75 Å². The fourth-order valence-corrected chi connectivity index (χ4v) is 4.23. The molecule has 6 nitrogen and oxygen atoms in total. The van der Waals surface area contributed by atoms with Crippen molar-refractivity contribution in [3.63, 3.8) is 0 Å². The molecule has 158 valence electrons. The molecule has 0 spiro atoms. The zero-order chi connectivity index (χ0) is 22.0. The van der Waals surface area contributed by atoms with Gasteiger partial charge in [0.25, 0.3) is 0 Å². The highest BCUT2D eigenvalue weighted by Crippen LogP contribution is 2.35. The molecule has 4 aromatic rings. The van der Waals surface area contributed by atoms with Gasteiger partial charge in [-0.05, 0) is 60.7 Å². The summed E-state index contributed by atoms with van der Waals surface area (Å²) in [6.07, 6.45) is 0. The Hall–Kier alpha value is -3.36. The van der Waals surface area contributed by atoms with E-state index in [-0.39, 0.29) is 27.3 Å². The molecule has 31 heavy (non-hydrogen) atoms. The molecular weight excluding hydrogens is 443 g/mol. The molecule has 0 aliphatic rings.